The van der Waals surface area contributed by atoms with Gasteiger partial charge in [0.15, 0.2) is 11.6 Å². The molecule has 0 saturated carbocycles. The summed E-state index contributed by atoms with van der Waals surface area (Å²) < 4.78 is 48.3. The highest BCUT2D eigenvalue weighted by Crippen LogP contribution is 2.39. The van der Waals surface area contributed by atoms with Gasteiger partial charge < -0.3 is 15.0 Å². The Morgan fingerprint density at radius 1 is 1.28 bits per heavy atom. The number of aryl methyl sites for hydroxylation is 1. The molecule has 0 spiro atoms. The van der Waals surface area contributed by atoms with E-state index >= 15 is 0 Å². The van der Waals surface area contributed by atoms with Crippen molar-refractivity contribution in [2.24, 2.45) is 5.10 Å². The van der Waals surface area contributed by atoms with Crippen molar-refractivity contribution in [2.45, 2.75) is 23.8 Å². The zero-order valence-corrected chi connectivity index (χ0v) is 21.8. The fourth-order valence-corrected chi connectivity index (χ4v) is 4.38. The van der Waals surface area contributed by atoms with Gasteiger partial charge in [0.05, 0.1) is 48.7 Å². The predicted molar refractivity (Wildman–Crippen MR) is 145 cm³/mol. The fraction of sp³-hybridized carbons (Fsp3) is 0.292. The van der Waals surface area contributed by atoms with Crippen molar-refractivity contribution in [3.8, 4) is 0 Å². The van der Waals surface area contributed by atoms with Crippen LogP contribution in [0.4, 0.5) is 36.3 Å². The number of hydrogen-bond acceptors (Lipinski definition) is 8. The van der Waals surface area contributed by atoms with Gasteiger partial charge in [0, 0.05) is 17.8 Å². The highest BCUT2D eigenvalue weighted by Gasteiger charge is 2.28. The van der Waals surface area contributed by atoms with E-state index in [2.05, 4.69) is 35.3 Å². The van der Waals surface area contributed by atoms with Crippen LogP contribution in [0.1, 0.15) is 23.9 Å². The number of halogens is 4. The maximum atomic E-state index is 14.3. The molecule has 1 aliphatic heterocycles. The molecule has 2 N–H and O–H groups in total. The molecule has 1 saturated heterocycles. The zero-order valence-electron chi connectivity index (χ0n) is 19.7. The van der Waals surface area contributed by atoms with E-state index in [1.54, 1.807) is 31.2 Å². The Morgan fingerprint density at radius 2 is 2.11 bits per heavy atom. The molecule has 2 aromatic heterocycles. The van der Waals surface area contributed by atoms with E-state index in [1.165, 1.54) is 18.3 Å². The first-order valence-electron chi connectivity index (χ1n) is 11.1. The lowest BCUT2D eigenvalue weighted by atomic mass is 10.2. The number of anilines is 4. The summed E-state index contributed by atoms with van der Waals surface area (Å²) in [6.45, 7) is 5.26. The highest BCUT2D eigenvalue weighted by atomic mass is 127. The van der Waals surface area contributed by atoms with E-state index in [0.717, 1.165) is 6.20 Å². The highest BCUT2D eigenvalue weighted by molar-refractivity contribution is 14.2. The summed E-state index contributed by atoms with van der Waals surface area (Å²) >= 11 is -1.51. The largest absolute Gasteiger partial charge is 0.377 e. The number of rotatable bonds is 8. The van der Waals surface area contributed by atoms with Crippen LogP contribution in [-0.2, 0) is 8.67 Å². The minimum absolute atomic E-state index is 0.0112. The van der Waals surface area contributed by atoms with Crippen LogP contribution in [0.5, 0.6) is 0 Å². The molecule has 0 radical (unpaired) electrons. The number of benzene rings is 1. The minimum atomic E-state index is -2.88. The number of hydrogen-bond donors (Lipinski definition) is 2. The topological polar surface area (TPSA) is 87.6 Å². The Kier molecular flexibility index (Phi) is 8.14. The molecule has 0 bridgehead atoms. The summed E-state index contributed by atoms with van der Waals surface area (Å²) in [6, 6.07) is 9.64. The molecular weight excluding hydrogens is 586 g/mol. The third-order valence-electron chi connectivity index (χ3n) is 5.47. The number of alkyl halides is 3. The molecule has 12 heteroatoms. The summed E-state index contributed by atoms with van der Waals surface area (Å²) in [5.41, 5.74) is 5.08. The van der Waals surface area contributed by atoms with Gasteiger partial charge in [-0.2, -0.15) is 18.9 Å². The normalized spacial score (nSPS) is 16.4. The Balaban J connectivity index is 1.43. The van der Waals surface area contributed by atoms with Crippen LogP contribution < -0.4 is 15.6 Å². The predicted octanol–water partition coefficient (Wildman–Crippen LogP) is 5.19. The molecule has 1 atom stereocenters. The Labute approximate surface area is 216 Å². The number of aromatic nitrogens is 3. The van der Waals surface area contributed by atoms with Crippen molar-refractivity contribution in [3.05, 3.63) is 65.4 Å². The SMILES string of the molecule is C=IC(F)(F)c1cccc(Nc2ccc(/C=N\Nc3ncc(F)c(N4CCOCC4C)n3)nc2C)c1. The van der Waals surface area contributed by atoms with E-state index in [1.807, 2.05) is 11.8 Å². The Morgan fingerprint density at radius 3 is 2.86 bits per heavy atom. The molecule has 8 nitrogen and oxygen atoms in total. The molecule has 3 heterocycles. The second-order valence-electron chi connectivity index (χ2n) is 8.06. The number of hydrazone groups is 1. The third kappa shape index (κ3) is 6.16. The number of morpholine rings is 1. The number of nitrogens with zero attached hydrogens (tertiary/aromatic N) is 5. The fourth-order valence-electron chi connectivity index (χ4n) is 3.60. The second-order valence-corrected chi connectivity index (χ2v) is 10.2. The van der Waals surface area contributed by atoms with Gasteiger partial charge in [-0.05, 0) is 58.8 Å². The van der Waals surface area contributed by atoms with Gasteiger partial charge in [0.2, 0.25) is 5.95 Å². The second kappa shape index (κ2) is 11.3. The standard InChI is InChI=1S/C24H25F3IN7O/c1-15-14-36-10-9-35(15)22-20(25)13-29-23(33-22)34-30-12-19-7-8-21(16(2)31-19)32-18-6-4-5-17(11-18)24(26,27)28-3/h4-8,11-13,15,32H,3,9-10,14H2,1-2H3,(H,29,33,34)/b30-12-. The number of ether oxygens (including phenoxy) is 1. The van der Waals surface area contributed by atoms with Gasteiger partial charge in [0.1, 0.15) is 0 Å². The van der Waals surface area contributed by atoms with Gasteiger partial charge in [-0.3, -0.25) is 0 Å². The summed E-state index contributed by atoms with van der Waals surface area (Å²) in [6.07, 6.45) is 2.59. The Bertz CT molecular complexity index is 1270. The van der Waals surface area contributed by atoms with E-state index in [-0.39, 0.29) is 23.4 Å². The first kappa shape index (κ1) is 25.9. The molecule has 0 aliphatic carbocycles. The summed E-state index contributed by atoms with van der Waals surface area (Å²) in [7, 11) is 0. The molecule has 1 unspecified atom stereocenters. The lowest BCUT2D eigenvalue weighted by Gasteiger charge is -2.34. The van der Waals surface area contributed by atoms with Crippen LogP contribution in [0.3, 0.4) is 0 Å². The smallest absolute Gasteiger partial charge is 0.316 e. The van der Waals surface area contributed by atoms with Gasteiger partial charge in [-0.15, -0.1) is 0 Å². The molecule has 1 aliphatic rings. The third-order valence-corrected chi connectivity index (χ3v) is 7.05. The number of pyridine rings is 1. The van der Waals surface area contributed by atoms with Gasteiger partial charge >= 0.3 is 3.93 Å². The molecular formula is C24H25F3IN7O. The lowest BCUT2D eigenvalue weighted by Crippen LogP contribution is -2.44. The molecule has 4 rings (SSSR count). The number of nitrogens with one attached hydrogen (secondary N) is 2. The summed E-state index contributed by atoms with van der Waals surface area (Å²) in [5.74, 6) is -0.166. The minimum Gasteiger partial charge on any atom is -0.377 e. The maximum absolute atomic E-state index is 14.3. The first-order chi connectivity index (χ1) is 17.3. The Hall–Kier alpha value is -3.13. The molecule has 3 aromatic rings. The lowest BCUT2D eigenvalue weighted by molar-refractivity contribution is 0.0981. The van der Waals surface area contributed by atoms with Crippen LogP contribution in [0.25, 0.3) is 0 Å². The van der Waals surface area contributed by atoms with Crippen molar-refractivity contribution < 1.29 is 17.9 Å². The van der Waals surface area contributed by atoms with Crippen LogP contribution in [-0.4, -0.2) is 51.5 Å². The van der Waals surface area contributed by atoms with Gasteiger partial charge in [0.25, 0.3) is 0 Å². The van der Waals surface area contributed by atoms with Crippen LogP contribution in [0.2, 0.25) is 0 Å². The summed E-state index contributed by atoms with van der Waals surface area (Å²) in [5, 5.41) is 7.25. The monoisotopic (exact) mass is 611 g/mol. The summed E-state index contributed by atoms with van der Waals surface area (Å²) in [4.78, 5) is 14.5. The van der Waals surface area contributed by atoms with Crippen molar-refractivity contribution in [1.82, 2.24) is 15.0 Å². The van der Waals surface area contributed by atoms with Gasteiger partial charge in [-0.25, -0.2) is 19.8 Å². The van der Waals surface area contributed by atoms with Crippen LogP contribution in [0, 0.1) is 12.7 Å². The molecule has 0 amide bonds. The van der Waals surface area contributed by atoms with Crippen molar-refractivity contribution in [3.63, 3.8) is 0 Å². The van der Waals surface area contributed by atoms with Crippen molar-refractivity contribution in [1.29, 1.82) is 0 Å². The first-order valence-corrected chi connectivity index (χ1v) is 13.7. The zero-order chi connectivity index (χ0) is 25.7. The van der Waals surface area contributed by atoms with E-state index in [4.69, 9.17) is 4.74 Å². The average molecular weight is 611 g/mol. The molecule has 190 valence electrons. The van der Waals surface area contributed by atoms with Crippen molar-refractivity contribution >= 4 is 54.6 Å². The van der Waals surface area contributed by atoms with Crippen LogP contribution in [0.15, 0.2) is 47.7 Å². The van der Waals surface area contributed by atoms with E-state index < -0.39 is 30.5 Å². The molecule has 1 fully saturated rings. The van der Waals surface area contributed by atoms with Crippen molar-refractivity contribution in [2.75, 3.05) is 35.4 Å². The maximum Gasteiger partial charge on any atom is 0.316 e. The van der Waals surface area contributed by atoms with E-state index in [9.17, 15) is 13.2 Å². The average Bonchev–Trinajstić information content (AvgIpc) is 2.87. The molecule has 1 aromatic carbocycles. The van der Waals surface area contributed by atoms with E-state index in [0.29, 0.717) is 42.5 Å². The quantitative estimate of drug-likeness (QED) is 0.157. The van der Waals surface area contributed by atoms with Crippen LogP contribution >= 0.6 is 20.7 Å². The van der Waals surface area contributed by atoms with Gasteiger partial charge in [-0.1, -0.05) is 16.6 Å². The molecule has 36 heavy (non-hydrogen) atoms.